The van der Waals surface area contributed by atoms with E-state index in [-0.39, 0.29) is 30.1 Å². The molecule has 212 valence electrons. The molecule has 0 aliphatic heterocycles. The van der Waals surface area contributed by atoms with Gasteiger partial charge in [0.05, 0.1) is 42.6 Å². The van der Waals surface area contributed by atoms with E-state index in [0.29, 0.717) is 18.5 Å². The topological polar surface area (TPSA) is 116 Å². The Bertz CT molecular complexity index is 1290. The summed E-state index contributed by atoms with van der Waals surface area (Å²) in [5, 5.41) is 23.0. The van der Waals surface area contributed by atoms with Crippen LogP contribution in [0.15, 0.2) is 24.7 Å². The number of hydrogen-bond donors (Lipinski definition) is 2. The molecule has 10 heteroatoms. The lowest BCUT2D eigenvalue weighted by atomic mass is 9.85. The van der Waals surface area contributed by atoms with E-state index < -0.39 is 5.60 Å². The summed E-state index contributed by atoms with van der Waals surface area (Å²) in [5.41, 5.74) is 3.64. The van der Waals surface area contributed by atoms with E-state index in [0.717, 1.165) is 67.3 Å². The standard InChI is InChI=1S/C29H42N6O4/c1-18(17-38-5)32-28-30-15-26-24(13-25(35(26)33-28)19-7-10-23(36)11-8-19)21-14-31-34(16-21)22-9-6-20(12-22)27(37)39-29(2,3)4/h13-16,18-20,22-23,36H,6-12,17H2,1-5H3,(H,32,33)/t18-,19?,20?,22+,23?/m0/s1. The summed E-state index contributed by atoms with van der Waals surface area (Å²) in [6, 6.07) is 2.46. The van der Waals surface area contributed by atoms with Crippen LogP contribution in [0.3, 0.4) is 0 Å². The zero-order valence-corrected chi connectivity index (χ0v) is 23.8. The predicted molar refractivity (Wildman–Crippen MR) is 149 cm³/mol. The molecule has 0 bridgehead atoms. The number of ether oxygens (including phenoxy) is 2. The quantitative estimate of drug-likeness (QED) is 0.395. The maximum atomic E-state index is 12.6. The van der Waals surface area contributed by atoms with Crippen molar-refractivity contribution < 1.29 is 19.4 Å². The molecule has 0 aromatic carbocycles. The smallest absolute Gasteiger partial charge is 0.309 e. The second-order valence-corrected chi connectivity index (χ2v) is 12.3. The Kier molecular flexibility index (Phi) is 7.96. The Morgan fingerprint density at radius 3 is 2.67 bits per heavy atom. The lowest BCUT2D eigenvalue weighted by Crippen LogP contribution is -2.27. The first-order valence-electron chi connectivity index (χ1n) is 14.2. The summed E-state index contributed by atoms with van der Waals surface area (Å²) in [6.07, 6.45) is 11.5. The van der Waals surface area contributed by atoms with Crippen LogP contribution in [0.5, 0.6) is 0 Å². The maximum Gasteiger partial charge on any atom is 0.309 e. The molecule has 2 aliphatic rings. The molecule has 2 fully saturated rings. The number of methoxy groups -OCH3 is 1. The van der Waals surface area contributed by atoms with E-state index in [9.17, 15) is 9.90 Å². The largest absolute Gasteiger partial charge is 0.460 e. The first-order valence-corrected chi connectivity index (χ1v) is 14.2. The molecule has 0 spiro atoms. The summed E-state index contributed by atoms with van der Waals surface area (Å²) in [6.45, 7) is 8.32. The van der Waals surface area contributed by atoms with Crippen molar-refractivity contribution in [2.45, 2.75) is 102 Å². The van der Waals surface area contributed by atoms with Crippen molar-refractivity contribution in [1.82, 2.24) is 24.4 Å². The van der Waals surface area contributed by atoms with Gasteiger partial charge in [-0.3, -0.25) is 9.48 Å². The lowest BCUT2D eigenvalue weighted by Gasteiger charge is -2.25. The van der Waals surface area contributed by atoms with Crippen LogP contribution in [0.1, 0.15) is 90.3 Å². The monoisotopic (exact) mass is 538 g/mol. The van der Waals surface area contributed by atoms with Crippen molar-refractivity contribution in [3.05, 3.63) is 30.4 Å². The number of aliphatic hydroxyl groups excluding tert-OH is 1. The molecular weight excluding hydrogens is 496 g/mol. The SMILES string of the molecule is COC[C@H](C)Nc1ncc2c(-c3cnn([C@@H]4CCC(C(=O)OC(C)(C)C)C4)c3)cc(C3CCC(O)CC3)n2n1. The number of anilines is 1. The van der Waals surface area contributed by atoms with Crippen LogP contribution in [0.2, 0.25) is 0 Å². The fraction of sp³-hybridized carbons (Fsp3) is 0.655. The van der Waals surface area contributed by atoms with Crippen LogP contribution in [-0.4, -0.2) is 66.9 Å². The van der Waals surface area contributed by atoms with Crippen molar-refractivity contribution in [2.75, 3.05) is 19.0 Å². The van der Waals surface area contributed by atoms with E-state index >= 15 is 0 Å². The normalized spacial score (nSPS) is 24.7. The Morgan fingerprint density at radius 1 is 1.18 bits per heavy atom. The number of carbonyl (C=O) groups is 1. The van der Waals surface area contributed by atoms with Gasteiger partial charge in [0, 0.05) is 42.1 Å². The van der Waals surface area contributed by atoms with Crippen LogP contribution >= 0.6 is 0 Å². The number of carbonyl (C=O) groups excluding carboxylic acids is 1. The molecule has 3 aromatic rings. The number of nitrogens with one attached hydrogen (secondary N) is 1. The van der Waals surface area contributed by atoms with Gasteiger partial charge in [-0.25, -0.2) is 9.50 Å². The predicted octanol–water partition coefficient (Wildman–Crippen LogP) is 4.74. The third kappa shape index (κ3) is 6.27. The highest BCUT2D eigenvalue weighted by molar-refractivity contribution is 5.81. The van der Waals surface area contributed by atoms with Gasteiger partial charge in [-0.1, -0.05) is 0 Å². The van der Waals surface area contributed by atoms with E-state index in [2.05, 4.69) is 22.6 Å². The maximum absolute atomic E-state index is 12.6. The minimum absolute atomic E-state index is 0.0740. The number of rotatable bonds is 8. The minimum Gasteiger partial charge on any atom is -0.460 e. The molecule has 2 saturated carbocycles. The molecule has 0 radical (unpaired) electrons. The molecule has 3 heterocycles. The first kappa shape index (κ1) is 27.6. The van der Waals surface area contributed by atoms with Crippen molar-refractivity contribution in [2.24, 2.45) is 5.92 Å². The summed E-state index contributed by atoms with van der Waals surface area (Å²) in [5.74, 6) is 0.666. The fourth-order valence-corrected chi connectivity index (χ4v) is 5.96. The van der Waals surface area contributed by atoms with Gasteiger partial charge in [-0.2, -0.15) is 5.10 Å². The molecule has 0 saturated heterocycles. The minimum atomic E-state index is -0.474. The summed E-state index contributed by atoms with van der Waals surface area (Å²) >= 11 is 0. The molecule has 3 aromatic heterocycles. The van der Waals surface area contributed by atoms with Gasteiger partial charge >= 0.3 is 5.97 Å². The van der Waals surface area contributed by atoms with Crippen LogP contribution in [-0.2, 0) is 14.3 Å². The van der Waals surface area contributed by atoms with Crippen LogP contribution in [0, 0.1) is 5.92 Å². The Hall–Kier alpha value is -2.98. The molecule has 10 nitrogen and oxygen atoms in total. The Balaban J connectivity index is 1.41. The number of fused-ring (bicyclic) bond motifs is 1. The number of nitrogens with zero attached hydrogens (tertiary/aromatic N) is 5. The van der Waals surface area contributed by atoms with Crippen molar-refractivity contribution in [3.63, 3.8) is 0 Å². The Morgan fingerprint density at radius 2 is 1.95 bits per heavy atom. The molecular formula is C29H42N6O4. The third-order valence-electron chi connectivity index (χ3n) is 7.88. The second kappa shape index (κ2) is 11.3. The van der Waals surface area contributed by atoms with Gasteiger partial charge in [0.2, 0.25) is 5.95 Å². The summed E-state index contributed by atoms with van der Waals surface area (Å²) in [7, 11) is 1.68. The van der Waals surface area contributed by atoms with Crippen molar-refractivity contribution in [1.29, 1.82) is 0 Å². The van der Waals surface area contributed by atoms with E-state index in [1.165, 1.54) is 0 Å². The average molecular weight is 539 g/mol. The molecule has 3 atom stereocenters. The summed E-state index contributed by atoms with van der Waals surface area (Å²) in [4.78, 5) is 17.2. The van der Waals surface area contributed by atoms with Gasteiger partial charge in [-0.05, 0) is 78.7 Å². The molecule has 2 N–H and O–H groups in total. The molecule has 2 aliphatic carbocycles. The Labute approximate surface area is 230 Å². The number of aromatic nitrogens is 5. The highest BCUT2D eigenvalue weighted by atomic mass is 16.6. The first-order chi connectivity index (χ1) is 18.6. The molecule has 5 rings (SSSR count). The van der Waals surface area contributed by atoms with E-state index in [1.54, 1.807) is 7.11 Å². The van der Waals surface area contributed by atoms with Crippen molar-refractivity contribution in [3.8, 4) is 11.1 Å². The lowest BCUT2D eigenvalue weighted by molar-refractivity contribution is -0.159. The highest BCUT2D eigenvalue weighted by Crippen LogP contribution is 2.39. The van der Waals surface area contributed by atoms with Crippen LogP contribution in [0.25, 0.3) is 16.6 Å². The zero-order valence-electron chi connectivity index (χ0n) is 23.8. The third-order valence-corrected chi connectivity index (χ3v) is 7.88. The van der Waals surface area contributed by atoms with E-state index in [4.69, 9.17) is 19.7 Å². The van der Waals surface area contributed by atoms with Gasteiger partial charge < -0.3 is 19.9 Å². The number of aliphatic hydroxyl groups is 1. The van der Waals surface area contributed by atoms with Crippen LogP contribution in [0.4, 0.5) is 5.95 Å². The van der Waals surface area contributed by atoms with Gasteiger partial charge in [-0.15, -0.1) is 5.10 Å². The number of hydrogen-bond acceptors (Lipinski definition) is 8. The van der Waals surface area contributed by atoms with Gasteiger partial charge in [0.1, 0.15) is 5.60 Å². The van der Waals surface area contributed by atoms with Gasteiger partial charge in [0.25, 0.3) is 0 Å². The molecule has 39 heavy (non-hydrogen) atoms. The van der Waals surface area contributed by atoms with Gasteiger partial charge in [0.15, 0.2) is 0 Å². The zero-order chi connectivity index (χ0) is 27.7. The van der Waals surface area contributed by atoms with E-state index in [1.807, 2.05) is 49.3 Å². The second-order valence-electron chi connectivity index (χ2n) is 12.3. The highest BCUT2D eigenvalue weighted by Gasteiger charge is 2.34. The molecule has 0 amide bonds. The number of esters is 1. The average Bonchev–Trinajstić information content (AvgIpc) is 3.62. The van der Waals surface area contributed by atoms with Crippen molar-refractivity contribution >= 4 is 17.4 Å². The summed E-state index contributed by atoms with van der Waals surface area (Å²) < 4.78 is 14.9. The van der Waals surface area contributed by atoms with Crippen LogP contribution < -0.4 is 5.32 Å². The molecule has 1 unspecified atom stereocenters. The fourth-order valence-electron chi connectivity index (χ4n) is 5.96.